The molecule has 3 aliphatic heterocycles. The highest BCUT2D eigenvalue weighted by Crippen LogP contribution is 2.45. The molecule has 0 fully saturated rings. The van der Waals surface area contributed by atoms with Crippen molar-refractivity contribution in [2.45, 2.75) is 12.6 Å². The first-order valence-corrected chi connectivity index (χ1v) is 6.89. The number of carbonyl (C=O) groups excluding carboxylic acids is 1. The molecule has 2 aromatic rings. The molecule has 0 bridgehead atoms. The summed E-state index contributed by atoms with van der Waals surface area (Å²) in [5.74, 6) is 2.02. The lowest BCUT2D eigenvalue weighted by Gasteiger charge is -2.40. The average Bonchev–Trinajstić information content (AvgIpc) is 3.14. The summed E-state index contributed by atoms with van der Waals surface area (Å²) in [5, 5.41) is 11.7. The highest BCUT2D eigenvalue weighted by molar-refractivity contribution is 5.84. The quantitative estimate of drug-likeness (QED) is 0.698. The topological polar surface area (TPSA) is 82.4 Å². The lowest BCUT2D eigenvalue weighted by molar-refractivity contribution is -0.135. The van der Waals surface area contributed by atoms with Gasteiger partial charge in [0.15, 0.2) is 17.3 Å². The van der Waals surface area contributed by atoms with Crippen LogP contribution in [0.2, 0.25) is 0 Å². The first-order valence-electron chi connectivity index (χ1n) is 6.89. The molecule has 22 heavy (non-hydrogen) atoms. The van der Waals surface area contributed by atoms with Gasteiger partial charge in [-0.05, 0) is 39.3 Å². The molecule has 0 radical (unpaired) electrons. The van der Waals surface area contributed by atoms with Crippen LogP contribution in [0.15, 0.2) is 18.7 Å². The van der Waals surface area contributed by atoms with E-state index in [9.17, 15) is 4.79 Å². The number of ether oxygens (including phenoxy) is 2. The first kappa shape index (κ1) is 11.7. The second kappa shape index (κ2) is 3.85. The van der Waals surface area contributed by atoms with Crippen molar-refractivity contribution in [3.63, 3.8) is 0 Å². The molecule has 110 valence electrons. The van der Waals surface area contributed by atoms with E-state index in [1.807, 2.05) is 12.1 Å². The standard InChI is InChI=1S/C14H11N5O3/c1-7-4-18-12(20)5-19-14(15-16-17-19)13(18)9-3-11-10(2-8(7)9)21-6-22-11/h2-3,13H,1,4-6H2. The molecule has 8 heteroatoms. The molecular formula is C14H11N5O3. The molecule has 0 aliphatic carbocycles. The van der Waals surface area contributed by atoms with Crippen LogP contribution in [0.25, 0.3) is 5.57 Å². The summed E-state index contributed by atoms with van der Waals surface area (Å²) in [6.45, 7) is 4.93. The van der Waals surface area contributed by atoms with Gasteiger partial charge in [0.05, 0.1) is 0 Å². The van der Waals surface area contributed by atoms with Crippen molar-refractivity contribution in [2.24, 2.45) is 0 Å². The molecular weight excluding hydrogens is 286 g/mol. The minimum Gasteiger partial charge on any atom is -0.454 e. The third-order valence-corrected chi connectivity index (χ3v) is 4.30. The molecule has 4 heterocycles. The monoisotopic (exact) mass is 297 g/mol. The van der Waals surface area contributed by atoms with E-state index in [4.69, 9.17) is 9.47 Å². The van der Waals surface area contributed by atoms with Gasteiger partial charge in [0.2, 0.25) is 12.7 Å². The Kier molecular flexibility index (Phi) is 2.05. The normalized spacial score (nSPS) is 21.5. The van der Waals surface area contributed by atoms with Gasteiger partial charge in [-0.15, -0.1) is 5.10 Å². The number of nitrogens with zero attached hydrogens (tertiary/aromatic N) is 5. The number of tetrazole rings is 1. The van der Waals surface area contributed by atoms with Gasteiger partial charge >= 0.3 is 0 Å². The van der Waals surface area contributed by atoms with E-state index in [0.717, 1.165) is 16.7 Å². The van der Waals surface area contributed by atoms with Gasteiger partial charge in [-0.3, -0.25) is 4.79 Å². The van der Waals surface area contributed by atoms with Crippen LogP contribution in [0.1, 0.15) is 23.0 Å². The van der Waals surface area contributed by atoms with Gasteiger partial charge in [-0.25, -0.2) is 4.68 Å². The highest BCUT2D eigenvalue weighted by atomic mass is 16.7. The van der Waals surface area contributed by atoms with Crippen molar-refractivity contribution in [1.29, 1.82) is 0 Å². The van der Waals surface area contributed by atoms with Crippen LogP contribution >= 0.6 is 0 Å². The van der Waals surface area contributed by atoms with Crippen LogP contribution in [0.3, 0.4) is 0 Å². The molecule has 5 rings (SSSR count). The van der Waals surface area contributed by atoms with E-state index in [0.29, 0.717) is 23.9 Å². The summed E-state index contributed by atoms with van der Waals surface area (Å²) in [4.78, 5) is 14.2. The molecule has 1 aromatic carbocycles. The third-order valence-electron chi connectivity index (χ3n) is 4.30. The van der Waals surface area contributed by atoms with Gasteiger partial charge in [0.1, 0.15) is 12.6 Å². The number of fused-ring (bicyclic) bond motifs is 6. The predicted octanol–water partition coefficient (Wildman–Crippen LogP) is 0.360. The Balaban J connectivity index is 1.77. The molecule has 0 spiro atoms. The average molecular weight is 297 g/mol. The fourth-order valence-corrected chi connectivity index (χ4v) is 3.29. The summed E-state index contributed by atoms with van der Waals surface area (Å²) < 4.78 is 12.4. The fraction of sp³-hybridized carbons (Fsp3) is 0.286. The summed E-state index contributed by atoms with van der Waals surface area (Å²) in [7, 11) is 0. The van der Waals surface area contributed by atoms with Gasteiger partial charge in [-0.1, -0.05) is 6.58 Å². The second-order valence-electron chi connectivity index (χ2n) is 5.52. The molecule has 0 N–H and O–H groups in total. The highest BCUT2D eigenvalue weighted by Gasteiger charge is 2.41. The smallest absolute Gasteiger partial charge is 0.245 e. The Morgan fingerprint density at radius 1 is 1.23 bits per heavy atom. The number of aromatic nitrogens is 4. The van der Waals surface area contributed by atoms with Crippen LogP contribution in [-0.4, -0.2) is 44.4 Å². The maximum absolute atomic E-state index is 12.4. The molecule has 1 atom stereocenters. The van der Waals surface area contributed by atoms with E-state index in [-0.39, 0.29) is 25.3 Å². The minimum absolute atomic E-state index is 0.0192. The summed E-state index contributed by atoms with van der Waals surface area (Å²) in [6, 6.07) is 3.51. The summed E-state index contributed by atoms with van der Waals surface area (Å²) in [5.41, 5.74) is 2.76. The molecule has 8 nitrogen and oxygen atoms in total. The molecule has 1 aromatic heterocycles. The molecule has 0 saturated heterocycles. The van der Waals surface area contributed by atoms with E-state index in [2.05, 4.69) is 22.1 Å². The number of rotatable bonds is 0. The molecule has 0 saturated carbocycles. The maximum Gasteiger partial charge on any atom is 0.245 e. The predicted molar refractivity (Wildman–Crippen MR) is 73.0 cm³/mol. The van der Waals surface area contributed by atoms with Crippen LogP contribution in [-0.2, 0) is 11.3 Å². The summed E-state index contributed by atoms with van der Waals surface area (Å²) in [6.07, 6.45) is 0. The molecule has 1 amide bonds. The lowest BCUT2D eigenvalue weighted by atomic mass is 9.88. The zero-order valence-corrected chi connectivity index (χ0v) is 11.5. The van der Waals surface area contributed by atoms with Crippen LogP contribution in [0.5, 0.6) is 11.5 Å². The maximum atomic E-state index is 12.4. The largest absolute Gasteiger partial charge is 0.454 e. The number of hydrogen-bond donors (Lipinski definition) is 0. The Labute approximate surface area is 124 Å². The van der Waals surface area contributed by atoms with E-state index >= 15 is 0 Å². The van der Waals surface area contributed by atoms with E-state index < -0.39 is 0 Å². The lowest BCUT2D eigenvalue weighted by Crippen LogP contribution is -2.46. The Hall–Kier alpha value is -2.90. The first-order chi connectivity index (χ1) is 10.7. The number of amides is 1. The van der Waals surface area contributed by atoms with Crippen molar-refractivity contribution in [3.05, 3.63) is 35.7 Å². The molecule has 3 aliphatic rings. The SMILES string of the molecule is C=C1CN2C(=O)Cn3nnnc3C2c2cc3c(cc21)OCO3. The number of carbonyl (C=O) groups is 1. The summed E-state index contributed by atoms with van der Waals surface area (Å²) >= 11 is 0. The van der Waals surface area contributed by atoms with Gasteiger partial charge in [0, 0.05) is 6.54 Å². The fourth-order valence-electron chi connectivity index (χ4n) is 3.29. The third kappa shape index (κ3) is 1.36. The van der Waals surface area contributed by atoms with Crippen LogP contribution < -0.4 is 9.47 Å². The van der Waals surface area contributed by atoms with Crippen molar-refractivity contribution in [2.75, 3.05) is 13.3 Å². The van der Waals surface area contributed by atoms with Crippen LogP contribution in [0.4, 0.5) is 0 Å². The van der Waals surface area contributed by atoms with Crippen molar-refractivity contribution < 1.29 is 14.3 Å². The van der Waals surface area contributed by atoms with Crippen molar-refractivity contribution in [1.82, 2.24) is 25.1 Å². The van der Waals surface area contributed by atoms with Crippen LogP contribution in [0, 0.1) is 0 Å². The molecule has 1 unspecified atom stereocenters. The van der Waals surface area contributed by atoms with Crippen molar-refractivity contribution in [3.8, 4) is 11.5 Å². The van der Waals surface area contributed by atoms with E-state index in [1.54, 1.807) is 9.58 Å². The minimum atomic E-state index is -0.314. The zero-order chi connectivity index (χ0) is 14.8. The second-order valence-corrected chi connectivity index (χ2v) is 5.52. The number of benzene rings is 1. The van der Waals surface area contributed by atoms with Gasteiger partial charge < -0.3 is 14.4 Å². The Morgan fingerprint density at radius 3 is 2.91 bits per heavy atom. The van der Waals surface area contributed by atoms with Gasteiger partial charge in [-0.2, -0.15) is 0 Å². The van der Waals surface area contributed by atoms with E-state index in [1.165, 1.54) is 0 Å². The number of hydrogen-bond acceptors (Lipinski definition) is 6. The van der Waals surface area contributed by atoms with Crippen molar-refractivity contribution >= 4 is 11.5 Å². The van der Waals surface area contributed by atoms with Gasteiger partial charge in [0.25, 0.3) is 0 Å². The zero-order valence-electron chi connectivity index (χ0n) is 11.5. The Bertz CT molecular complexity index is 843. The Morgan fingerprint density at radius 2 is 2.05 bits per heavy atom.